The molecule has 140 valence electrons. The van der Waals surface area contributed by atoms with E-state index in [9.17, 15) is 19.3 Å². The van der Waals surface area contributed by atoms with Crippen LogP contribution in [0.4, 0.5) is 15.8 Å². The van der Waals surface area contributed by atoms with Crippen LogP contribution in [0.25, 0.3) is 0 Å². The summed E-state index contributed by atoms with van der Waals surface area (Å²) in [5, 5.41) is 21.8. The van der Waals surface area contributed by atoms with Crippen LogP contribution in [0, 0.1) is 29.8 Å². The summed E-state index contributed by atoms with van der Waals surface area (Å²) in [6.07, 6.45) is 1.02. The third kappa shape index (κ3) is 3.41. The Kier molecular flexibility index (Phi) is 4.72. The molecule has 0 saturated carbocycles. The number of aromatic nitrogens is 4. The minimum Gasteiger partial charge on any atom is -0.317 e. The number of carbonyl (C=O) groups is 1. The van der Waals surface area contributed by atoms with Gasteiger partial charge in [0.2, 0.25) is 5.69 Å². The van der Waals surface area contributed by atoms with Crippen LogP contribution in [0.2, 0.25) is 0 Å². The highest BCUT2D eigenvalue weighted by molar-refractivity contribution is 6.06. The molecule has 10 heteroatoms. The lowest BCUT2D eigenvalue weighted by Crippen LogP contribution is -2.18. The molecule has 0 atom stereocenters. The van der Waals surface area contributed by atoms with Crippen molar-refractivity contribution < 1.29 is 14.1 Å². The maximum Gasteiger partial charge on any atom is 0.320 e. The molecule has 2 heterocycles. The molecule has 1 N–H and O–H groups in total. The summed E-state index contributed by atoms with van der Waals surface area (Å²) in [7, 11) is 1.45. The van der Waals surface area contributed by atoms with E-state index in [1.54, 1.807) is 36.7 Å². The minimum absolute atomic E-state index is 0.166. The monoisotopic (exact) mass is 372 g/mol. The summed E-state index contributed by atoms with van der Waals surface area (Å²) in [5.74, 6) is -1.01. The van der Waals surface area contributed by atoms with Crippen LogP contribution in [-0.4, -0.2) is 30.4 Å². The van der Waals surface area contributed by atoms with Crippen molar-refractivity contribution in [3.05, 3.63) is 69.0 Å². The molecular formula is C17H17FN6O3. The van der Waals surface area contributed by atoms with Crippen LogP contribution in [0.1, 0.15) is 27.4 Å². The van der Waals surface area contributed by atoms with Crippen LogP contribution in [-0.2, 0) is 13.6 Å². The highest BCUT2D eigenvalue weighted by Gasteiger charge is 2.27. The van der Waals surface area contributed by atoms with Crippen molar-refractivity contribution >= 4 is 17.3 Å². The first-order valence-corrected chi connectivity index (χ1v) is 8.04. The van der Waals surface area contributed by atoms with Gasteiger partial charge < -0.3 is 5.32 Å². The first-order valence-electron chi connectivity index (χ1n) is 8.04. The smallest absolute Gasteiger partial charge is 0.317 e. The van der Waals surface area contributed by atoms with Gasteiger partial charge >= 0.3 is 5.69 Å². The lowest BCUT2D eigenvalue weighted by atomic mass is 10.2. The Balaban J connectivity index is 1.90. The molecule has 0 aliphatic carbocycles. The second kappa shape index (κ2) is 6.98. The molecule has 0 saturated heterocycles. The van der Waals surface area contributed by atoms with Gasteiger partial charge in [-0.15, -0.1) is 0 Å². The number of rotatable bonds is 5. The summed E-state index contributed by atoms with van der Waals surface area (Å²) >= 11 is 0. The quantitative estimate of drug-likeness (QED) is 0.547. The SMILES string of the molecule is Cc1nn(Cc2ccccc2F)c(C)c1NC(=O)c1c([N+](=O)[O-])cnn1C. The highest BCUT2D eigenvalue weighted by atomic mass is 19.1. The molecule has 0 aliphatic heterocycles. The van der Waals surface area contributed by atoms with Gasteiger partial charge in [-0.2, -0.15) is 10.2 Å². The van der Waals surface area contributed by atoms with Gasteiger partial charge in [0, 0.05) is 12.6 Å². The lowest BCUT2D eigenvalue weighted by Gasteiger charge is -2.08. The molecule has 9 nitrogen and oxygen atoms in total. The van der Waals surface area contributed by atoms with Gasteiger partial charge in [-0.25, -0.2) is 4.39 Å². The zero-order valence-electron chi connectivity index (χ0n) is 14.9. The van der Waals surface area contributed by atoms with Gasteiger partial charge in [-0.05, 0) is 19.9 Å². The normalized spacial score (nSPS) is 10.8. The van der Waals surface area contributed by atoms with E-state index >= 15 is 0 Å². The zero-order chi connectivity index (χ0) is 19.7. The van der Waals surface area contributed by atoms with Crippen LogP contribution in [0.3, 0.4) is 0 Å². The van der Waals surface area contributed by atoms with Crippen molar-refractivity contribution in [2.45, 2.75) is 20.4 Å². The number of halogens is 1. The van der Waals surface area contributed by atoms with E-state index in [0.29, 0.717) is 22.6 Å². The highest BCUT2D eigenvalue weighted by Crippen LogP contribution is 2.24. The molecule has 0 spiro atoms. The van der Waals surface area contributed by atoms with E-state index < -0.39 is 10.8 Å². The topological polar surface area (TPSA) is 108 Å². The van der Waals surface area contributed by atoms with E-state index in [1.165, 1.54) is 13.1 Å². The van der Waals surface area contributed by atoms with Crippen LogP contribution >= 0.6 is 0 Å². The van der Waals surface area contributed by atoms with Crippen molar-refractivity contribution in [3.8, 4) is 0 Å². The zero-order valence-corrected chi connectivity index (χ0v) is 14.9. The Bertz CT molecular complexity index is 1040. The molecule has 27 heavy (non-hydrogen) atoms. The molecule has 0 fully saturated rings. The Morgan fingerprint density at radius 2 is 2.04 bits per heavy atom. The number of nitrogens with zero attached hydrogens (tertiary/aromatic N) is 5. The van der Waals surface area contributed by atoms with E-state index in [2.05, 4.69) is 15.5 Å². The fourth-order valence-corrected chi connectivity index (χ4v) is 2.82. The van der Waals surface area contributed by atoms with E-state index in [-0.39, 0.29) is 23.7 Å². The third-order valence-electron chi connectivity index (χ3n) is 4.23. The fraction of sp³-hybridized carbons (Fsp3) is 0.235. The Morgan fingerprint density at radius 1 is 1.33 bits per heavy atom. The molecule has 0 bridgehead atoms. The number of amides is 1. The second-order valence-electron chi connectivity index (χ2n) is 6.01. The molecule has 2 aromatic heterocycles. The molecular weight excluding hydrogens is 355 g/mol. The van der Waals surface area contributed by atoms with Crippen molar-refractivity contribution in [1.82, 2.24) is 19.6 Å². The summed E-state index contributed by atoms with van der Waals surface area (Å²) in [6.45, 7) is 3.62. The summed E-state index contributed by atoms with van der Waals surface area (Å²) in [5.41, 5.74) is 1.45. The number of carbonyl (C=O) groups excluding carboxylic acids is 1. The average Bonchev–Trinajstić information content (AvgIpc) is 3.12. The fourth-order valence-electron chi connectivity index (χ4n) is 2.82. The van der Waals surface area contributed by atoms with E-state index in [4.69, 9.17) is 0 Å². The van der Waals surface area contributed by atoms with Crippen molar-refractivity contribution in [3.63, 3.8) is 0 Å². The number of anilines is 1. The minimum atomic E-state index is -0.668. The molecule has 1 aromatic carbocycles. The predicted molar refractivity (Wildman–Crippen MR) is 95.0 cm³/mol. The van der Waals surface area contributed by atoms with Crippen molar-refractivity contribution in [2.24, 2.45) is 7.05 Å². The number of hydrogen-bond acceptors (Lipinski definition) is 5. The van der Waals surface area contributed by atoms with E-state index in [0.717, 1.165) is 10.9 Å². The number of hydrogen-bond donors (Lipinski definition) is 1. The Labute approximate surface area is 153 Å². The average molecular weight is 372 g/mol. The molecule has 0 aliphatic rings. The maximum atomic E-state index is 13.9. The molecule has 1 amide bonds. The van der Waals surface area contributed by atoms with E-state index in [1.807, 2.05) is 0 Å². The first-order chi connectivity index (χ1) is 12.8. The second-order valence-corrected chi connectivity index (χ2v) is 6.01. The van der Waals surface area contributed by atoms with Crippen LogP contribution in [0.5, 0.6) is 0 Å². The first kappa shape index (κ1) is 18.2. The standard InChI is InChI=1S/C17H17FN6O3/c1-10-15(20-17(25)16-14(24(26)27)8-19-22(16)3)11(2)23(21-10)9-12-6-4-5-7-13(12)18/h4-8H,9H2,1-3H3,(H,20,25). The summed E-state index contributed by atoms with van der Waals surface area (Å²) in [6, 6.07) is 6.36. The number of nitrogens with one attached hydrogen (secondary N) is 1. The van der Waals surface area contributed by atoms with Gasteiger partial charge in [0.15, 0.2) is 0 Å². The van der Waals surface area contributed by atoms with Gasteiger partial charge in [-0.3, -0.25) is 24.3 Å². The molecule has 3 aromatic rings. The summed E-state index contributed by atoms with van der Waals surface area (Å²) < 4.78 is 16.6. The van der Waals surface area contributed by atoms with Crippen LogP contribution in [0.15, 0.2) is 30.5 Å². The van der Waals surface area contributed by atoms with Crippen molar-refractivity contribution in [1.29, 1.82) is 0 Å². The number of benzene rings is 1. The Morgan fingerprint density at radius 3 is 2.70 bits per heavy atom. The van der Waals surface area contributed by atoms with Crippen molar-refractivity contribution in [2.75, 3.05) is 5.32 Å². The lowest BCUT2D eigenvalue weighted by molar-refractivity contribution is -0.385. The predicted octanol–water partition coefficient (Wildman–Crippen LogP) is 2.58. The number of nitro groups is 1. The van der Waals surface area contributed by atoms with Gasteiger partial charge in [0.25, 0.3) is 5.91 Å². The third-order valence-corrected chi connectivity index (χ3v) is 4.23. The van der Waals surface area contributed by atoms with Gasteiger partial charge in [0.1, 0.15) is 12.0 Å². The molecule has 3 rings (SSSR count). The van der Waals surface area contributed by atoms with Crippen LogP contribution < -0.4 is 5.32 Å². The maximum absolute atomic E-state index is 13.9. The summed E-state index contributed by atoms with van der Waals surface area (Å²) in [4.78, 5) is 23.0. The molecule has 0 unspecified atom stereocenters. The largest absolute Gasteiger partial charge is 0.320 e. The Hall–Kier alpha value is -3.56. The van der Waals surface area contributed by atoms with Gasteiger partial charge in [0.05, 0.1) is 28.5 Å². The van der Waals surface area contributed by atoms with Gasteiger partial charge in [-0.1, -0.05) is 18.2 Å². The molecule has 0 radical (unpaired) electrons. The number of aryl methyl sites for hydroxylation is 2.